The van der Waals surface area contributed by atoms with Gasteiger partial charge in [-0.3, -0.25) is 0 Å². The van der Waals surface area contributed by atoms with Gasteiger partial charge in [0.1, 0.15) is 5.01 Å². The highest BCUT2D eigenvalue weighted by Gasteiger charge is 2.37. The van der Waals surface area contributed by atoms with Crippen LogP contribution in [0.5, 0.6) is 0 Å². The van der Waals surface area contributed by atoms with Gasteiger partial charge in [-0.1, -0.05) is 129 Å². The van der Waals surface area contributed by atoms with Crippen LogP contribution in [0.25, 0.3) is 81.7 Å². The van der Waals surface area contributed by atoms with Gasteiger partial charge < -0.3 is 4.57 Å². The topological polar surface area (TPSA) is 17.8 Å². The molecule has 0 unspecified atom stereocenters. The smallest absolute Gasteiger partial charge is 0.124 e. The van der Waals surface area contributed by atoms with Crippen molar-refractivity contribution in [2.24, 2.45) is 0 Å². The molecule has 0 aliphatic heterocycles. The monoisotopic (exact) mass is 644 g/mol. The lowest BCUT2D eigenvalue weighted by Gasteiger charge is -2.24. The summed E-state index contributed by atoms with van der Waals surface area (Å²) in [5.41, 5.74) is 16.2. The van der Waals surface area contributed by atoms with Crippen molar-refractivity contribution in [1.29, 1.82) is 0 Å². The summed E-state index contributed by atoms with van der Waals surface area (Å²) in [6.45, 7) is 4.74. The van der Waals surface area contributed by atoms with Crippen LogP contribution < -0.4 is 0 Å². The molecule has 0 spiro atoms. The standard InChI is InChI=1S/C46H32N2S/c1-46(2)38-18-7-6-14-35(38)36-17-10-16-34(44(36)46)31-26-27-40-37(28-31)43-33(15-11-20-41(43)48(40)32-12-4-3-5-13-32)29-22-24-30(25-23-29)45-47-39-19-8-9-21-42(39)49-45/h3-28H,1-2H3. The number of fused-ring (bicyclic) bond motifs is 7. The van der Waals surface area contributed by atoms with Gasteiger partial charge in [0.05, 0.1) is 21.3 Å². The van der Waals surface area contributed by atoms with Crippen molar-refractivity contribution in [2.75, 3.05) is 0 Å². The lowest BCUT2D eigenvalue weighted by atomic mass is 9.79. The summed E-state index contributed by atoms with van der Waals surface area (Å²) in [4.78, 5) is 4.91. The average Bonchev–Trinajstić information content (AvgIpc) is 3.81. The Balaban J connectivity index is 1.19. The summed E-state index contributed by atoms with van der Waals surface area (Å²) in [6.07, 6.45) is 0. The molecule has 0 N–H and O–H groups in total. The van der Waals surface area contributed by atoms with Gasteiger partial charge in [0.15, 0.2) is 0 Å². The number of aromatic nitrogens is 2. The second kappa shape index (κ2) is 10.6. The zero-order chi connectivity index (χ0) is 32.7. The van der Waals surface area contributed by atoms with Crippen LogP contribution >= 0.6 is 11.3 Å². The molecule has 1 aliphatic carbocycles. The Hall–Kier alpha value is -5.77. The lowest BCUT2D eigenvalue weighted by Crippen LogP contribution is -2.16. The quantitative estimate of drug-likeness (QED) is 0.186. The van der Waals surface area contributed by atoms with E-state index >= 15 is 0 Å². The van der Waals surface area contributed by atoms with Gasteiger partial charge in [-0.05, 0) is 87.0 Å². The van der Waals surface area contributed by atoms with E-state index < -0.39 is 0 Å². The first-order valence-electron chi connectivity index (χ1n) is 16.9. The molecule has 2 nitrogen and oxygen atoms in total. The first kappa shape index (κ1) is 28.3. The molecule has 0 atom stereocenters. The molecular formula is C46H32N2S. The normalized spacial score (nSPS) is 13.3. The molecule has 0 saturated heterocycles. The molecule has 7 aromatic carbocycles. The highest BCUT2D eigenvalue weighted by Crippen LogP contribution is 2.52. The molecule has 2 aromatic heterocycles. The fraction of sp³-hybridized carbons (Fsp3) is 0.0652. The van der Waals surface area contributed by atoms with E-state index in [2.05, 4.69) is 176 Å². The Bertz CT molecular complexity index is 2700. The van der Waals surface area contributed by atoms with Crippen molar-refractivity contribution in [1.82, 2.24) is 9.55 Å². The summed E-state index contributed by atoms with van der Waals surface area (Å²) in [7, 11) is 0. The zero-order valence-electron chi connectivity index (χ0n) is 27.3. The van der Waals surface area contributed by atoms with Crippen LogP contribution in [0.3, 0.4) is 0 Å². The van der Waals surface area contributed by atoms with E-state index in [1.54, 1.807) is 11.3 Å². The minimum atomic E-state index is -0.0916. The van der Waals surface area contributed by atoms with Crippen molar-refractivity contribution >= 4 is 43.4 Å². The zero-order valence-corrected chi connectivity index (χ0v) is 28.1. The summed E-state index contributed by atoms with van der Waals surface area (Å²) in [5, 5.41) is 3.58. The van der Waals surface area contributed by atoms with E-state index in [9.17, 15) is 0 Å². The Morgan fingerprint density at radius 1 is 0.531 bits per heavy atom. The predicted octanol–water partition coefficient (Wildman–Crippen LogP) is 12.7. The van der Waals surface area contributed by atoms with Crippen molar-refractivity contribution in [3.05, 3.63) is 169 Å². The maximum atomic E-state index is 4.91. The van der Waals surface area contributed by atoms with Crippen LogP contribution in [0.1, 0.15) is 25.0 Å². The maximum absolute atomic E-state index is 4.91. The van der Waals surface area contributed by atoms with Crippen molar-refractivity contribution < 1.29 is 0 Å². The number of thiazole rings is 1. The third kappa shape index (κ3) is 4.22. The van der Waals surface area contributed by atoms with Gasteiger partial charge in [-0.2, -0.15) is 0 Å². The van der Waals surface area contributed by atoms with Gasteiger partial charge in [0.2, 0.25) is 0 Å². The van der Waals surface area contributed by atoms with Crippen molar-refractivity contribution in [3.8, 4) is 49.6 Å². The molecule has 1 aliphatic rings. The third-order valence-corrected chi connectivity index (χ3v) is 11.5. The van der Waals surface area contributed by atoms with Gasteiger partial charge >= 0.3 is 0 Å². The molecule has 0 saturated carbocycles. The molecule has 0 amide bonds. The first-order valence-corrected chi connectivity index (χ1v) is 17.7. The minimum Gasteiger partial charge on any atom is -0.309 e. The van der Waals surface area contributed by atoms with Gasteiger partial charge in [0, 0.05) is 27.4 Å². The molecule has 232 valence electrons. The van der Waals surface area contributed by atoms with Crippen LogP contribution in [0.4, 0.5) is 0 Å². The number of hydrogen-bond donors (Lipinski definition) is 0. The van der Waals surface area contributed by atoms with Crippen LogP contribution in [-0.4, -0.2) is 9.55 Å². The summed E-state index contributed by atoms with van der Waals surface area (Å²) in [5.74, 6) is 0. The van der Waals surface area contributed by atoms with Crippen LogP contribution in [0.15, 0.2) is 158 Å². The van der Waals surface area contributed by atoms with E-state index in [1.807, 2.05) is 0 Å². The molecule has 0 radical (unpaired) electrons. The first-order chi connectivity index (χ1) is 24.1. The molecule has 0 fully saturated rings. The number of hydrogen-bond acceptors (Lipinski definition) is 2. The van der Waals surface area contributed by atoms with E-state index in [1.165, 1.54) is 71.0 Å². The number of rotatable bonds is 4. The van der Waals surface area contributed by atoms with Gasteiger partial charge in [-0.15, -0.1) is 11.3 Å². The van der Waals surface area contributed by atoms with Crippen molar-refractivity contribution in [2.45, 2.75) is 19.3 Å². The van der Waals surface area contributed by atoms with Gasteiger partial charge in [-0.25, -0.2) is 4.98 Å². The van der Waals surface area contributed by atoms with E-state index in [0.717, 1.165) is 21.8 Å². The fourth-order valence-corrected chi connectivity index (χ4v) is 9.18. The Labute approximate surface area is 289 Å². The molecule has 49 heavy (non-hydrogen) atoms. The van der Waals surface area contributed by atoms with E-state index in [-0.39, 0.29) is 5.41 Å². The molecule has 2 heterocycles. The average molecular weight is 645 g/mol. The molecule has 0 bridgehead atoms. The van der Waals surface area contributed by atoms with Crippen LogP contribution in [0.2, 0.25) is 0 Å². The number of nitrogens with zero attached hydrogens (tertiary/aromatic N) is 2. The number of para-hydroxylation sites is 2. The van der Waals surface area contributed by atoms with Crippen LogP contribution in [-0.2, 0) is 5.41 Å². The third-order valence-electron chi connectivity index (χ3n) is 10.4. The second-order valence-corrected chi connectivity index (χ2v) is 14.6. The lowest BCUT2D eigenvalue weighted by molar-refractivity contribution is 0.662. The molecule has 9 aromatic rings. The Morgan fingerprint density at radius 3 is 2.06 bits per heavy atom. The Kier molecular flexibility index (Phi) is 6.12. The SMILES string of the molecule is CC1(C)c2ccccc2-c2cccc(-c3ccc4c(c3)c3c(-c5ccc(-c6nc7ccccc7s6)cc5)cccc3n4-c3ccccc3)c21. The number of benzene rings is 7. The van der Waals surface area contributed by atoms with Crippen LogP contribution in [0, 0.1) is 0 Å². The highest BCUT2D eigenvalue weighted by molar-refractivity contribution is 7.21. The minimum absolute atomic E-state index is 0.0916. The largest absolute Gasteiger partial charge is 0.309 e. The van der Waals surface area contributed by atoms with E-state index in [0.29, 0.717) is 0 Å². The predicted molar refractivity (Wildman–Crippen MR) is 208 cm³/mol. The summed E-state index contributed by atoms with van der Waals surface area (Å²) in [6, 6.07) is 57.6. The maximum Gasteiger partial charge on any atom is 0.124 e. The molecule has 3 heteroatoms. The molecular weight excluding hydrogens is 613 g/mol. The summed E-state index contributed by atoms with van der Waals surface area (Å²) < 4.78 is 3.63. The Morgan fingerprint density at radius 2 is 1.20 bits per heavy atom. The summed E-state index contributed by atoms with van der Waals surface area (Å²) >= 11 is 1.75. The highest BCUT2D eigenvalue weighted by atomic mass is 32.1. The van der Waals surface area contributed by atoms with Crippen molar-refractivity contribution in [3.63, 3.8) is 0 Å². The molecule has 10 rings (SSSR count). The van der Waals surface area contributed by atoms with Gasteiger partial charge in [0.25, 0.3) is 0 Å². The van der Waals surface area contributed by atoms with E-state index in [4.69, 9.17) is 4.98 Å². The fourth-order valence-electron chi connectivity index (χ4n) is 8.21. The second-order valence-electron chi connectivity index (χ2n) is 13.6.